The largest absolute Gasteiger partial charge is 0.501 e. The molecule has 0 N–H and O–H groups in total. The minimum absolute atomic E-state index is 0. The molecule has 0 fully saturated rings. The van der Waals surface area contributed by atoms with Crippen molar-refractivity contribution in [3.63, 3.8) is 0 Å². The maximum absolute atomic E-state index is 8.35. The van der Waals surface area contributed by atoms with Gasteiger partial charge < -0.3 is 14.4 Å². The standard InChI is InChI=1S/C31H30NO.C13H12N.Ir/c1-6-31(5,7-2)22-15-16-23(20(3)17-22)27-18-28(32-19-21(27)4)26-13-10-12-25-24-11-8-9-14-29(24)33-30(25)26;1-10-3-6-12(7-4-10)13-8-5-11(2)9-14-13;/h8-12,14-19H,6-7H2,1-5H3;3-6,8-9H,1-2H3;/q2*-1;/i3D3,4D3;1D3,2D3;. The van der Waals surface area contributed by atoms with Gasteiger partial charge in [0.15, 0.2) is 0 Å². The SMILES string of the molecule is [2H]C([2H])([2H])c1c[c-]c(-c2ccc(C([2H])([2H])[2H])cn2)cc1.[2H]C([2H])([2H])c1cnc(-c2[c-]ccc3c2oc2ccccc23)cc1-c1ccc(C(C)(CC)CC)cc1C([2H])([2H])[2H].[Ir]. The monoisotopic (exact) mass is 819 g/mol. The quantitative estimate of drug-likeness (QED) is 0.157. The van der Waals surface area contributed by atoms with Crippen molar-refractivity contribution in [1.82, 2.24) is 9.97 Å². The Kier molecular flexibility index (Phi) is 6.88. The summed E-state index contributed by atoms with van der Waals surface area (Å²) in [4.78, 5) is 8.58. The second kappa shape index (κ2) is 14.8. The van der Waals surface area contributed by atoms with Crippen LogP contribution in [-0.4, -0.2) is 9.97 Å². The molecule has 0 atom stereocenters. The molecular weight excluding hydrogens is 765 g/mol. The molecule has 4 aromatic carbocycles. The third-order valence-corrected chi connectivity index (χ3v) is 8.92. The van der Waals surface area contributed by atoms with Crippen LogP contribution in [0, 0.1) is 39.5 Å². The second-order valence-electron chi connectivity index (χ2n) is 11.8. The Hall–Kier alpha value is -4.37. The predicted octanol–water partition coefficient (Wildman–Crippen LogP) is 12.0. The average Bonchev–Trinajstić information content (AvgIpc) is 3.58. The van der Waals surface area contributed by atoms with E-state index in [4.69, 9.17) is 20.9 Å². The van der Waals surface area contributed by atoms with Crippen LogP contribution in [0.4, 0.5) is 0 Å². The zero-order chi connectivity index (χ0) is 43.1. The second-order valence-corrected chi connectivity index (χ2v) is 11.8. The van der Waals surface area contributed by atoms with Crippen LogP contribution in [0.1, 0.15) is 77.9 Å². The molecule has 0 unspecified atom stereocenters. The van der Waals surface area contributed by atoms with Crippen LogP contribution in [0.3, 0.4) is 0 Å². The molecule has 0 saturated carbocycles. The number of aryl methyl sites for hydroxylation is 4. The van der Waals surface area contributed by atoms with Gasteiger partial charge in [-0.3, -0.25) is 0 Å². The fraction of sp³-hybridized carbons (Fsp3) is 0.227. The van der Waals surface area contributed by atoms with Gasteiger partial charge in [0, 0.05) is 54.3 Å². The zero-order valence-electron chi connectivity index (χ0n) is 38.9. The average molecular weight is 819 g/mol. The number of pyridine rings is 2. The van der Waals surface area contributed by atoms with Crippen LogP contribution in [-0.2, 0) is 25.5 Å². The summed E-state index contributed by atoms with van der Waals surface area (Å²) in [6.45, 7) is -3.00. The molecule has 0 bridgehead atoms. The Balaban J connectivity index is 0.000000274. The van der Waals surface area contributed by atoms with E-state index in [0.717, 1.165) is 34.8 Å². The minimum atomic E-state index is -2.50. The van der Waals surface area contributed by atoms with Crippen molar-refractivity contribution in [2.75, 3.05) is 0 Å². The number of aromatic nitrogens is 2. The molecule has 0 spiro atoms. The molecule has 3 aromatic heterocycles. The summed E-state index contributed by atoms with van der Waals surface area (Å²) < 4.78 is 99.4. The molecule has 0 aliphatic heterocycles. The molecule has 4 heteroatoms. The Labute approximate surface area is 315 Å². The van der Waals surface area contributed by atoms with Crippen LogP contribution < -0.4 is 0 Å². The summed E-state index contributed by atoms with van der Waals surface area (Å²) in [6.07, 6.45) is 4.32. The fourth-order valence-electron chi connectivity index (χ4n) is 5.65. The third-order valence-electron chi connectivity index (χ3n) is 8.92. The van der Waals surface area contributed by atoms with Crippen molar-refractivity contribution in [2.24, 2.45) is 0 Å². The Morgan fingerprint density at radius 2 is 1.52 bits per heavy atom. The minimum Gasteiger partial charge on any atom is -0.501 e. The molecule has 0 aliphatic carbocycles. The van der Waals surface area contributed by atoms with Gasteiger partial charge in [0.1, 0.15) is 5.58 Å². The number of fused-ring (bicyclic) bond motifs is 3. The predicted molar refractivity (Wildman–Crippen MR) is 197 cm³/mol. The number of nitrogens with zero attached hydrogens (tertiary/aromatic N) is 2. The van der Waals surface area contributed by atoms with Crippen molar-refractivity contribution in [2.45, 2.75) is 66.4 Å². The van der Waals surface area contributed by atoms with Crippen LogP contribution in [0.25, 0.3) is 55.6 Å². The van der Waals surface area contributed by atoms with Crippen molar-refractivity contribution >= 4 is 21.9 Å². The zero-order valence-corrected chi connectivity index (χ0v) is 29.3. The van der Waals surface area contributed by atoms with Crippen LogP contribution in [0.15, 0.2) is 108 Å². The van der Waals surface area contributed by atoms with Gasteiger partial charge in [0.2, 0.25) is 0 Å². The summed E-state index contributed by atoms with van der Waals surface area (Å²) in [5.74, 6) is 0. The number of benzene rings is 4. The van der Waals surface area contributed by atoms with Gasteiger partial charge in [0.25, 0.3) is 0 Å². The van der Waals surface area contributed by atoms with E-state index in [1.165, 1.54) is 30.6 Å². The molecule has 0 aliphatic rings. The van der Waals surface area contributed by atoms with Crippen LogP contribution in [0.2, 0.25) is 0 Å². The fourth-order valence-corrected chi connectivity index (χ4v) is 5.65. The van der Waals surface area contributed by atoms with E-state index in [9.17, 15) is 0 Å². The number of hydrogen-bond acceptors (Lipinski definition) is 3. The van der Waals surface area contributed by atoms with Crippen molar-refractivity contribution < 1.29 is 41.0 Å². The van der Waals surface area contributed by atoms with Crippen molar-refractivity contribution in [1.29, 1.82) is 0 Å². The third kappa shape index (κ3) is 7.06. The summed E-state index contributed by atoms with van der Waals surface area (Å²) in [6, 6.07) is 32.1. The number of rotatable bonds is 6. The molecule has 7 aromatic rings. The maximum Gasteiger partial charge on any atom is 0.120 e. The molecule has 48 heavy (non-hydrogen) atoms. The van der Waals surface area contributed by atoms with Gasteiger partial charge in [-0.2, -0.15) is 0 Å². The Morgan fingerprint density at radius 1 is 0.729 bits per heavy atom. The van der Waals surface area contributed by atoms with Gasteiger partial charge in [0.05, 0.1) is 5.58 Å². The summed E-state index contributed by atoms with van der Waals surface area (Å²) in [7, 11) is 0. The number of hydrogen-bond donors (Lipinski definition) is 0. The Bertz CT molecular complexity index is 2530. The molecule has 7 rings (SSSR count). The normalized spacial score (nSPS) is 16.0. The van der Waals surface area contributed by atoms with Crippen LogP contribution >= 0.6 is 0 Å². The first-order chi connectivity index (χ1) is 27.5. The molecule has 1 radical (unpaired) electrons. The van der Waals surface area contributed by atoms with E-state index in [1.54, 1.807) is 36.4 Å². The van der Waals surface area contributed by atoms with Crippen molar-refractivity contribution in [3.8, 4) is 33.6 Å². The van der Waals surface area contributed by atoms with Crippen molar-refractivity contribution in [3.05, 3.63) is 143 Å². The molecule has 0 saturated heterocycles. The summed E-state index contributed by atoms with van der Waals surface area (Å²) >= 11 is 0. The molecule has 0 amide bonds. The first-order valence-electron chi connectivity index (χ1n) is 21.5. The molecule has 3 nitrogen and oxygen atoms in total. The van der Waals surface area contributed by atoms with E-state index in [0.29, 0.717) is 39.2 Å². The van der Waals surface area contributed by atoms with E-state index < -0.39 is 27.4 Å². The topological polar surface area (TPSA) is 38.9 Å². The van der Waals surface area contributed by atoms with Gasteiger partial charge in [-0.25, -0.2) is 0 Å². The molecule has 3 heterocycles. The van der Waals surface area contributed by atoms with E-state index >= 15 is 0 Å². The van der Waals surface area contributed by atoms with E-state index in [2.05, 4.69) is 42.9 Å². The smallest absolute Gasteiger partial charge is 0.120 e. The first kappa shape index (κ1) is 22.3. The van der Waals surface area contributed by atoms with Gasteiger partial charge >= 0.3 is 0 Å². The van der Waals surface area contributed by atoms with Gasteiger partial charge in [-0.1, -0.05) is 93.2 Å². The maximum atomic E-state index is 8.35. The molecule has 245 valence electrons. The Morgan fingerprint density at radius 3 is 2.23 bits per heavy atom. The first-order valence-corrected chi connectivity index (χ1v) is 15.5. The van der Waals surface area contributed by atoms with Gasteiger partial charge in [-0.15, -0.1) is 53.6 Å². The molecular formula is C44H42IrN2O-2. The summed E-state index contributed by atoms with van der Waals surface area (Å²) in [5.41, 5.74) is 5.42. The van der Waals surface area contributed by atoms with E-state index in [-0.39, 0.29) is 47.8 Å². The number of furan rings is 1. The van der Waals surface area contributed by atoms with E-state index in [1.807, 2.05) is 36.4 Å². The van der Waals surface area contributed by atoms with Crippen LogP contribution in [0.5, 0.6) is 0 Å². The number of para-hydroxylation sites is 1. The van der Waals surface area contributed by atoms with Gasteiger partial charge in [-0.05, 0) is 89.6 Å². The summed E-state index contributed by atoms with van der Waals surface area (Å²) in [5, 5.41) is 1.85.